The van der Waals surface area contributed by atoms with Crippen molar-refractivity contribution in [2.75, 3.05) is 49.1 Å². The van der Waals surface area contributed by atoms with E-state index in [0.717, 1.165) is 51.4 Å². The maximum absolute atomic E-state index is 12.9. The van der Waals surface area contributed by atoms with E-state index >= 15 is 0 Å². The summed E-state index contributed by atoms with van der Waals surface area (Å²) in [6.45, 7) is 7.89. The lowest BCUT2D eigenvalue weighted by atomic mass is 10.1. The Morgan fingerprint density at radius 1 is 0.966 bits per heavy atom. The molecule has 0 bridgehead atoms. The number of hydrogen-bond acceptors (Lipinski definition) is 4. The summed E-state index contributed by atoms with van der Waals surface area (Å²) in [6.07, 6.45) is 6.85. The van der Waals surface area contributed by atoms with Crippen LogP contribution in [0.2, 0.25) is 0 Å². The number of amides is 1. The van der Waals surface area contributed by atoms with Gasteiger partial charge in [-0.05, 0) is 30.7 Å². The Morgan fingerprint density at radius 3 is 2.41 bits per heavy atom. The summed E-state index contributed by atoms with van der Waals surface area (Å²) in [4.78, 5) is 24.1. The quantitative estimate of drug-likeness (QED) is 0.566. The van der Waals surface area contributed by atoms with Crippen molar-refractivity contribution in [2.24, 2.45) is 0 Å². The molecule has 3 rings (SSSR count). The van der Waals surface area contributed by atoms with E-state index in [1.54, 1.807) is 6.20 Å². The van der Waals surface area contributed by atoms with Crippen LogP contribution in [0.3, 0.4) is 0 Å². The minimum Gasteiger partial charge on any atom is -0.369 e. The van der Waals surface area contributed by atoms with Crippen LogP contribution in [0.1, 0.15) is 39.0 Å². The van der Waals surface area contributed by atoms with E-state index in [4.69, 9.17) is 0 Å². The van der Waals surface area contributed by atoms with Gasteiger partial charge >= 0.3 is 0 Å². The van der Waals surface area contributed by atoms with Gasteiger partial charge in [0, 0.05) is 57.6 Å². The Labute approximate surface area is 175 Å². The van der Waals surface area contributed by atoms with Crippen molar-refractivity contribution in [1.82, 2.24) is 9.88 Å². The maximum Gasteiger partial charge on any atom is 0.228 e. The van der Waals surface area contributed by atoms with Crippen LogP contribution in [0.15, 0.2) is 54.7 Å². The molecule has 1 amide bonds. The first-order valence-corrected chi connectivity index (χ1v) is 11.0. The summed E-state index contributed by atoms with van der Waals surface area (Å²) in [5, 5.41) is 0. The Hall–Kier alpha value is -2.40. The smallest absolute Gasteiger partial charge is 0.228 e. The number of hydrogen-bond donors (Lipinski definition) is 0. The summed E-state index contributed by atoms with van der Waals surface area (Å²) in [7, 11) is 0. The number of benzene rings is 1. The van der Waals surface area contributed by atoms with Crippen molar-refractivity contribution in [1.29, 1.82) is 0 Å². The Balaban J connectivity index is 1.51. The SMILES string of the molecule is CCCCCCC(=O)N(CCN1CCN(c2ccccc2)CC1)c1ccccn1. The molecule has 0 spiro atoms. The molecule has 156 valence electrons. The van der Waals surface area contributed by atoms with E-state index in [1.807, 2.05) is 23.1 Å². The van der Waals surface area contributed by atoms with E-state index in [9.17, 15) is 4.79 Å². The van der Waals surface area contributed by atoms with E-state index in [0.29, 0.717) is 13.0 Å². The van der Waals surface area contributed by atoms with E-state index in [2.05, 4.69) is 52.0 Å². The van der Waals surface area contributed by atoms with Gasteiger partial charge in [-0.3, -0.25) is 14.6 Å². The highest BCUT2D eigenvalue weighted by molar-refractivity contribution is 5.92. The van der Waals surface area contributed by atoms with Gasteiger partial charge in [0.2, 0.25) is 5.91 Å². The van der Waals surface area contributed by atoms with Crippen LogP contribution < -0.4 is 9.80 Å². The minimum atomic E-state index is 0.197. The first-order valence-electron chi connectivity index (χ1n) is 11.0. The lowest BCUT2D eigenvalue weighted by Crippen LogP contribution is -2.49. The van der Waals surface area contributed by atoms with Crippen LogP contribution in [-0.4, -0.2) is 55.1 Å². The standard InChI is InChI=1S/C24H34N4O/c1-2-3-4-8-14-24(29)28(23-13-9-10-15-25-23)21-18-26-16-19-27(20-17-26)22-11-6-5-7-12-22/h5-7,9-13,15H,2-4,8,14,16-21H2,1H3. The fraction of sp³-hybridized carbons (Fsp3) is 0.500. The fourth-order valence-electron chi connectivity index (χ4n) is 3.83. The van der Waals surface area contributed by atoms with Gasteiger partial charge in [0.25, 0.3) is 0 Å². The highest BCUT2D eigenvalue weighted by Gasteiger charge is 2.21. The van der Waals surface area contributed by atoms with Crippen molar-refractivity contribution in [3.8, 4) is 0 Å². The second-order valence-electron chi connectivity index (χ2n) is 7.71. The molecule has 0 aliphatic carbocycles. The molecule has 0 atom stereocenters. The molecule has 29 heavy (non-hydrogen) atoms. The molecule has 2 aromatic rings. The van der Waals surface area contributed by atoms with Crippen LogP contribution >= 0.6 is 0 Å². The second-order valence-corrected chi connectivity index (χ2v) is 7.71. The number of aromatic nitrogens is 1. The molecule has 1 aliphatic rings. The first-order chi connectivity index (χ1) is 14.3. The molecule has 1 saturated heterocycles. The van der Waals surface area contributed by atoms with Crippen molar-refractivity contribution in [3.63, 3.8) is 0 Å². The molecule has 0 radical (unpaired) electrons. The Bertz CT molecular complexity index is 714. The highest BCUT2D eigenvalue weighted by Crippen LogP contribution is 2.17. The molecular formula is C24H34N4O. The van der Waals surface area contributed by atoms with Gasteiger partial charge in [-0.25, -0.2) is 4.98 Å². The van der Waals surface area contributed by atoms with E-state index in [-0.39, 0.29) is 5.91 Å². The number of para-hydroxylation sites is 1. The zero-order valence-electron chi connectivity index (χ0n) is 17.7. The lowest BCUT2D eigenvalue weighted by molar-refractivity contribution is -0.118. The maximum atomic E-state index is 12.9. The predicted molar refractivity (Wildman–Crippen MR) is 120 cm³/mol. The number of carbonyl (C=O) groups excluding carboxylic acids is 1. The zero-order valence-corrected chi connectivity index (χ0v) is 17.7. The lowest BCUT2D eigenvalue weighted by Gasteiger charge is -2.37. The van der Waals surface area contributed by atoms with Crippen molar-refractivity contribution < 1.29 is 4.79 Å². The van der Waals surface area contributed by atoms with Gasteiger partial charge in [0.15, 0.2) is 0 Å². The fourth-order valence-corrected chi connectivity index (χ4v) is 3.83. The number of nitrogens with zero attached hydrogens (tertiary/aromatic N) is 4. The zero-order chi connectivity index (χ0) is 20.3. The number of rotatable bonds is 10. The average molecular weight is 395 g/mol. The van der Waals surface area contributed by atoms with Crippen molar-refractivity contribution in [2.45, 2.75) is 39.0 Å². The molecular weight excluding hydrogens is 360 g/mol. The largest absolute Gasteiger partial charge is 0.369 e. The number of anilines is 2. The molecule has 0 unspecified atom stereocenters. The average Bonchev–Trinajstić information content (AvgIpc) is 2.79. The third-order valence-corrected chi connectivity index (χ3v) is 5.60. The van der Waals surface area contributed by atoms with Crippen LogP contribution in [0, 0.1) is 0 Å². The summed E-state index contributed by atoms with van der Waals surface area (Å²) in [5.41, 5.74) is 1.30. The number of piperazine rings is 1. The summed E-state index contributed by atoms with van der Waals surface area (Å²) in [5.74, 6) is 0.971. The van der Waals surface area contributed by atoms with Crippen LogP contribution in [-0.2, 0) is 4.79 Å². The topological polar surface area (TPSA) is 39.7 Å². The Kier molecular flexibility index (Phi) is 8.50. The second kappa shape index (κ2) is 11.6. The monoisotopic (exact) mass is 394 g/mol. The van der Waals surface area contributed by atoms with E-state index < -0.39 is 0 Å². The highest BCUT2D eigenvalue weighted by atomic mass is 16.2. The summed E-state index contributed by atoms with van der Waals surface area (Å²) in [6, 6.07) is 16.4. The molecule has 0 N–H and O–H groups in total. The number of unbranched alkanes of at least 4 members (excludes halogenated alkanes) is 3. The van der Waals surface area contributed by atoms with Gasteiger partial charge < -0.3 is 4.90 Å². The molecule has 5 heteroatoms. The molecule has 1 fully saturated rings. The summed E-state index contributed by atoms with van der Waals surface area (Å²) >= 11 is 0. The van der Waals surface area contributed by atoms with Gasteiger partial charge in [0.05, 0.1) is 0 Å². The van der Waals surface area contributed by atoms with Gasteiger partial charge in [0.1, 0.15) is 5.82 Å². The van der Waals surface area contributed by atoms with Crippen LogP contribution in [0.4, 0.5) is 11.5 Å². The van der Waals surface area contributed by atoms with Gasteiger partial charge in [-0.2, -0.15) is 0 Å². The molecule has 5 nitrogen and oxygen atoms in total. The third kappa shape index (κ3) is 6.57. The molecule has 1 aliphatic heterocycles. The normalized spacial score (nSPS) is 14.7. The predicted octanol–water partition coefficient (Wildman–Crippen LogP) is 4.21. The first kappa shape index (κ1) is 21.3. The molecule has 1 aromatic carbocycles. The Morgan fingerprint density at radius 2 is 1.72 bits per heavy atom. The van der Waals surface area contributed by atoms with Gasteiger partial charge in [-0.1, -0.05) is 50.5 Å². The number of carbonyl (C=O) groups is 1. The minimum absolute atomic E-state index is 0.197. The van der Waals surface area contributed by atoms with E-state index in [1.165, 1.54) is 18.5 Å². The van der Waals surface area contributed by atoms with Crippen LogP contribution in [0.25, 0.3) is 0 Å². The third-order valence-electron chi connectivity index (χ3n) is 5.60. The summed E-state index contributed by atoms with van der Waals surface area (Å²) < 4.78 is 0. The van der Waals surface area contributed by atoms with Crippen molar-refractivity contribution in [3.05, 3.63) is 54.7 Å². The molecule has 2 heterocycles. The molecule has 0 saturated carbocycles. The van der Waals surface area contributed by atoms with Crippen molar-refractivity contribution >= 4 is 17.4 Å². The molecule has 1 aromatic heterocycles. The number of pyridine rings is 1. The van der Waals surface area contributed by atoms with Gasteiger partial charge in [-0.15, -0.1) is 0 Å². The van der Waals surface area contributed by atoms with Crippen LogP contribution in [0.5, 0.6) is 0 Å².